The number of hydrogen-bond donors (Lipinski definition) is 1. The molecule has 0 radical (unpaired) electrons. The van der Waals surface area contributed by atoms with Gasteiger partial charge in [0.2, 0.25) is 0 Å². The second-order valence-electron chi connectivity index (χ2n) is 4.43. The average molecular weight is 248 g/mol. The van der Waals surface area contributed by atoms with Gasteiger partial charge in [-0.05, 0) is 24.1 Å². The largest absolute Gasteiger partial charge is 0.496 e. The smallest absolute Gasteiger partial charge is 0.257 e. The number of ether oxygens (including phenoxy) is 1. The van der Waals surface area contributed by atoms with Crippen molar-refractivity contribution in [1.29, 1.82) is 0 Å². The minimum absolute atomic E-state index is 0.0728. The van der Waals surface area contributed by atoms with Crippen molar-refractivity contribution in [3.63, 3.8) is 0 Å². The maximum absolute atomic E-state index is 12.5. The number of piperazine rings is 1. The van der Waals surface area contributed by atoms with E-state index in [0.29, 0.717) is 11.3 Å². The highest BCUT2D eigenvalue weighted by Crippen LogP contribution is 2.22. The highest BCUT2D eigenvalue weighted by atomic mass is 16.5. The van der Waals surface area contributed by atoms with Gasteiger partial charge >= 0.3 is 0 Å². The average Bonchev–Trinajstić information content (AvgIpc) is 2.46. The fraction of sp³-hybridized carbons (Fsp3) is 0.500. The minimum atomic E-state index is 0.0728. The van der Waals surface area contributed by atoms with E-state index in [4.69, 9.17) is 4.74 Å². The lowest BCUT2D eigenvalue weighted by Crippen LogP contribution is -2.46. The van der Waals surface area contributed by atoms with Crippen LogP contribution in [0.1, 0.15) is 22.8 Å². The predicted octanol–water partition coefficient (Wildman–Crippen LogP) is 1.30. The van der Waals surface area contributed by atoms with Crippen molar-refractivity contribution in [3.8, 4) is 5.75 Å². The molecule has 4 heteroatoms. The van der Waals surface area contributed by atoms with Crippen molar-refractivity contribution < 1.29 is 9.53 Å². The Labute approximate surface area is 108 Å². The van der Waals surface area contributed by atoms with Gasteiger partial charge in [0.1, 0.15) is 5.75 Å². The number of aryl methyl sites for hydroxylation is 1. The number of carbonyl (C=O) groups excluding carboxylic acids is 1. The molecule has 1 heterocycles. The molecule has 1 fully saturated rings. The Hall–Kier alpha value is -1.55. The highest BCUT2D eigenvalue weighted by Gasteiger charge is 2.21. The number of nitrogens with one attached hydrogen (secondary N) is 1. The Bertz CT molecular complexity index is 426. The minimum Gasteiger partial charge on any atom is -0.496 e. The zero-order valence-corrected chi connectivity index (χ0v) is 11.0. The molecule has 1 amide bonds. The van der Waals surface area contributed by atoms with Crippen molar-refractivity contribution in [2.24, 2.45) is 0 Å². The molecule has 2 rings (SSSR count). The SMILES string of the molecule is CCc1ccc(OC)c(C(=O)N2CCNCC2)c1. The van der Waals surface area contributed by atoms with Crippen LogP contribution in [0.25, 0.3) is 0 Å². The molecule has 0 aliphatic carbocycles. The van der Waals surface area contributed by atoms with E-state index in [9.17, 15) is 4.79 Å². The summed E-state index contributed by atoms with van der Waals surface area (Å²) in [5.41, 5.74) is 1.84. The van der Waals surface area contributed by atoms with Crippen LogP contribution >= 0.6 is 0 Å². The molecule has 0 aromatic heterocycles. The van der Waals surface area contributed by atoms with Crippen molar-refractivity contribution in [3.05, 3.63) is 29.3 Å². The number of nitrogens with zero attached hydrogens (tertiary/aromatic N) is 1. The van der Waals surface area contributed by atoms with Crippen LogP contribution in [0.4, 0.5) is 0 Å². The highest BCUT2D eigenvalue weighted by molar-refractivity contribution is 5.97. The van der Waals surface area contributed by atoms with Gasteiger partial charge in [-0.25, -0.2) is 0 Å². The maximum Gasteiger partial charge on any atom is 0.257 e. The molecule has 0 spiro atoms. The molecule has 0 unspecified atom stereocenters. The summed E-state index contributed by atoms with van der Waals surface area (Å²) in [7, 11) is 1.61. The quantitative estimate of drug-likeness (QED) is 0.876. The molecule has 98 valence electrons. The summed E-state index contributed by atoms with van der Waals surface area (Å²) in [6, 6.07) is 5.84. The molecule has 0 saturated carbocycles. The first-order valence-corrected chi connectivity index (χ1v) is 6.43. The summed E-state index contributed by atoms with van der Waals surface area (Å²) >= 11 is 0. The van der Waals surface area contributed by atoms with E-state index < -0.39 is 0 Å². The number of rotatable bonds is 3. The lowest BCUT2D eigenvalue weighted by molar-refractivity contribution is 0.0732. The molecule has 1 aromatic rings. The molecular formula is C14H20N2O2. The van der Waals surface area contributed by atoms with E-state index in [1.54, 1.807) is 7.11 Å². The van der Waals surface area contributed by atoms with Gasteiger partial charge in [0.15, 0.2) is 0 Å². The Morgan fingerprint density at radius 2 is 2.11 bits per heavy atom. The van der Waals surface area contributed by atoms with E-state index in [2.05, 4.69) is 12.2 Å². The zero-order chi connectivity index (χ0) is 13.0. The van der Waals surface area contributed by atoms with E-state index in [1.165, 1.54) is 0 Å². The van der Waals surface area contributed by atoms with E-state index in [0.717, 1.165) is 38.2 Å². The van der Waals surface area contributed by atoms with Crippen molar-refractivity contribution in [1.82, 2.24) is 10.2 Å². The van der Waals surface area contributed by atoms with Crippen molar-refractivity contribution >= 4 is 5.91 Å². The first-order valence-electron chi connectivity index (χ1n) is 6.43. The number of methoxy groups -OCH3 is 1. The maximum atomic E-state index is 12.5. The van der Waals surface area contributed by atoms with Gasteiger partial charge in [-0.1, -0.05) is 13.0 Å². The molecule has 1 aliphatic heterocycles. The summed E-state index contributed by atoms with van der Waals surface area (Å²) in [5.74, 6) is 0.736. The number of hydrogen-bond acceptors (Lipinski definition) is 3. The Kier molecular flexibility index (Phi) is 4.20. The van der Waals surface area contributed by atoms with Crippen LogP contribution in [0.2, 0.25) is 0 Å². The molecule has 0 bridgehead atoms. The van der Waals surface area contributed by atoms with Crippen LogP contribution in [-0.4, -0.2) is 44.1 Å². The van der Waals surface area contributed by atoms with Crippen LogP contribution in [0, 0.1) is 0 Å². The lowest BCUT2D eigenvalue weighted by Gasteiger charge is -2.28. The van der Waals surface area contributed by atoms with E-state index in [1.807, 2.05) is 23.1 Å². The van der Waals surface area contributed by atoms with Gasteiger partial charge in [-0.15, -0.1) is 0 Å². The second kappa shape index (κ2) is 5.87. The zero-order valence-electron chi connectivity index (χ0n) is 11.0. The number of amides is 1. The van der Waals surface area contributed by atoms with Crippen LogP contribution in [-0.2, 0) is 6.42 Å². The summed E-state index contributed by atoms with van der Waals surface area (Å²) in [6.07, 6.45) is 0.922. The molecule has 4 nitrogen and oxygen atoms in total. The van der Waals surface area contributed by atoms with E-state index in [-0.39, 0.29) is 5.91 Å². The van der Waals surface area contributed by atoms with Gasteiger partial charge in [-0.2, -0.15) is 0 Å². The van der Waals surface area contributed by atoms with Gasteiger partial charge in [0, 0.05) is 26.2 Å². The molecule has 1 aromatic carbocycles. The molecule has 0 atom stereocenters. The Morgan fingerprint density at radius 3 is 2.72 bits per heavy atom. The number of benzene rings is 1. The van der Waals surface area contributed by atoms with Crippen LogP contribution in [0.5, 0.6) is 5.75 Å². The van der Waals surface area contributed by atoms with Crippen molar-refractivity contribution in [2.45, 2.75) is 13.3 Å². The summed E-state index contributed by atoms with van der Waals surface area (Å²) < 4.78 is 5.29. The lowest BCUT2D eigenvalue weighted by atomic mass is 10.1. The Balaban J connectivity index is 2.26. The number of carbonyl (C=O) groups is 1. The fourth-order valence-corrected chi connectivity index (χ4v) is 2.18. The van der Waals surface area contributed by atoms with Gasteiger partial charge < -0.3 is 15.0 Å². The summed E-state index contributed by atoms with van der Waals surface area (Å²) in [4.78, 5) is 14.3. The van der Waals surface area contributed by atoms with E-state index >= 15 is 0 Å². The van der Waals surface area contributed by atoms with Crippen LogP contribution < -0.4 is 10.1 Å². The fourth-order valence-electron chi connectivity index (χ4n) is 2.18. The van der Waals surface area contributed by atoms with Gasteiger partial charge in [-0.3, -0.25) is 4.79 Å². The van der Waals surface area contributed by atoms with Crippen LogP contribution in [0.3, 0.4) is 0 Å². The molecule has 1 aliphatic rings. The first-order chi connectivity index (χ1) is 8.76. The second-order valence-corrected chi connectivity index (χ2v) is 4.43. The monoisotopic (exact) mass is 248 g/mol. The van der Waals surface area contributed by atoms with Gasteiger partial charge in [0.05, 0.1) is 12.7 Å². The standard InChI is InChI=1S/C14H20N2O2/c1-3-11-4-5-13(18-2)12(10-11)14(17)16-8-6-15-7-9-16/h4-5,10,15H,3,6-9H2,1-2H3. The molecular weight excluding hydrogens is 228 g/mol. The van der Waals surface area contributed by atoms with Crippen molar-refractivity contribution in [2.75, 3.05) is 33.3 Å². The van der Waals surface area contributed by atoms with Gasteiger partial charge in [0.25, 0.3) is 5.91 Å². The first kappa shape index (κ1) is 12.9. The topological polar surface area (TPSA) is 41.6 Å². The molecule has 1 N–H and O–H groups in total. The third-order valence-corrected chi connectivity index (χ3v) is 3.31. The summed E-state index contributed by atoms with van der Waals surface area (Å²) in [5, 5.41) is 3.25. The predicted molar refractivity (Wildman–Crippen MR) is 71.1 cm³/mol. The molecule has 18 heavy (non-hydrogen) atoms. The third kappa shape index (κ3) is 2.64. The normalized spacial score (nSPS) is 15.6. The summed E-state index contributed by atoms with van der Waals surface area (Å²) in [6.45, 7) is 5.33. The van der Waals surface area contributed by atoms with Crippen LogP contribution in [0.15, 0.2) is 18.2 Å². The Morgan fingerprint density at radius 1 is 1.39 bits per heavy atom. The third-order valence-electron chi connectivity index (χ3n) is 3.31. The molecule has 1 saturated heterocycles.